The molecule has 2 heterocycles. The predicted molar refractivity (Wildman–Crippen MR) is 132 cm³/mol. The van der Waals surface area contributed by atoms with Crippen molar-refractivity contribution in [3.63, 3.8) is 0 Å². The molecule has 5 aromatic rings. The Morgan fingerprint density at radius 1 is 0.886 bits per heavy atom. The number of ether oxygens (including phenoxy) is 2. The molecule has 0 atom stereocenters. The van der Waals surface area contributed by atoms with E-state index in [1.165, 1.54) is 0 Å². The minimum absolute atomic E-state index is 0.117. The summed E-state index contributed by atoms with van der Waals surface area (Å²) < 4.78 is 11.7. The van der Waals surface area contributed by atoms with Crippen LogP contribution in [0.3, 0.4) is 0 Å². The summed E-state index contributed by atoms with van der Waals surface area (Å²) >= 11 is 0. The lowest BCUT2D eigenvalue weighted by Crippen LogP contribution is -2.55. The van der Waals surface area contributed by atoms with Gasteiger partial charge in [-0.3, -0.25) is 5.43 Å². The van der Waals surface area contributed by atoms with Crippen LogP contribution in [0.15, 0.2) is 97.1 Å². The van der Waals surface area contributed by atoms with Gasteiger partial charge in [-0.05, 0) is 42.3 Å². The first-order chi connectivity index (χ1) is 17.1. The number of H-pyrrole nitrogens is 1. The van der Waals surface area contributed by atoms with Crippen LogP contribution in [0.1, 0.15) is 22.3 Å². The van der Waals surface area contributed by atoms with Gasteiger partial charge in [0.05, 0.1) is 11.0 Å². The van der Waals surface area contributed by atoms with E-state index in [9.17, 15) is 4.79 Å². The Hall–Kier alpha value is -4.62. The minimum Gasteiger partial charge on any atom is -0.457 e. The van der Waals surface area contributed by atoms with Crippen LogP contribution in [0, 0.1) is 6.92 Å². The van der Waals surface area contributed by atoms with Gasteiger partial charge in [-0.1, -0.05) is 72.8 Å². The number of fused-ring (bicyclic) bond motifs is 3. The number of benzene rings is 4. The number of aryl methyl sites for hydroxylation is 1. The van der Waals surface area contributed by atoms with Gasteiger partial charge in [0.2, 0.25) is 0 Å². The highest BCUT2D eigenvalue weighted by molar-refractivity contribution is 5.78. The molecule has 0 radical (unpaired) electrons. The highest BCUT2D eigenvalue weighted by Crippen LogP contribution is 2.49. The number of carbonyl (C=O) groups is 1. The van der Waals surface area contributed by atoms with Gasteiger partial charge in [-0.2, -0.15) is 4.98 Å². The van der Waals surface area contributed by atoms with Gasteiger partial charge < -0.3 is 14.5 Å². The van der Waals surface area contributed by atoms with Crippen molar-refractivity contribution in [2.75, 3.05) is 0 Å². The van der Waals surface area contributed by atoms with Gasteiger partial charge in [0.1, 0.15) is 17.0 Å². The third kappa shape index (κ3) is 3.59. The van der Waals surface area contributed by atoms with E-state index in [0.29, 0.717) is 11.5 Å². The van der Waals surface area contributed by atoms with Crippen LogP contribution in [-0.2, 0) is 5.54 Å². The molecule has 0 bridgehead atoms. The number of nitrogens with one attached hydrogen (secondary N) is 3. The van der Waals surface area contributed by atoms with Crippen molar-refractivity contribution >= 4 is 17.1 Å². The number of carbonyl (C=O) groups excluding carboxylic acids is 1. The van der Waals surface area contributed by atoms with Crippen molar-refractivity contribution < 1.29 is 14.3 Å². The molecule has 7 nitrogen and oxygen atoms in total. The lowest BCUT2D eigenvalue weighted by Gasteiger charge is -2.41. The number of para-hydroxylation sites is 2. The van der Waals surface area contributed by atoms with E-state index >= 15 is 0 Å². The Balaban J connectivity index is 1.38. The van der Waals surface area contributed by atoms with Gasteiger partial charge in [-0.25, -0.2) is 10.2 Å². The molecule has 7 heteroatoms. The monoisotopic (exact) mass is 462 g/mol. The number of hydrogen-bond donors (Lipinski definition) is 3. The van der Waals surface area contributed by atoms with Crippen LogP contribution in [-0.4, -0.2) is 16.1 Å². The fraction of sp³-hybridized carbons (Fsp3) is 0.0714. The molecule has 1 amide bonds. The summed E-state index contributed by atoms with van der Waals surface area (Å²) in [6, 6.07) is 31.4. The first-order valence-corrected chi connectivity index (χ1v) is 11.3. The zero-order chi connectivity index (χ0) is 23.8. The van der Waals surface area contributed by atoms with E-state index < -0.39 is 11.6 Å². The van der Waals surface area contributed by atoms with Crippen LogP contribution in [0.25, 0.3) is 11.0 Å². The predicted octanol–water partition coefficient (Wildman–Crippen LogP) is 5.56. The number of aromatic nitrogens is 2. The number of rotatable bonds is 4. The fourth-order valence-corrected chi connectivity index (χ4v) is 4.61. The fourth-order valence-electron chi connectivity index (χ4n) is 4.61. The molecular weight excluding hydrogens is 440 g/mol. The molecule has 1 aliphatic rings. The number of amides is 1. The molecule has 1 aromatic heterocycles. The quantitative estimate of drug-likeness (QED) is 0.304. The van der Waals surface area contributed by atoms with Crippen molar-refractivity contribution in [1.29, 1.82) is 0 Å². The molecule has 0 aliphatic carbocycles. The average Bonchev–Trinajstić information content (AvgIpc) is 3.28. The number of nitrogens with zero attached hydrogens (tertiary/aromatic N) is 1. The summed E-state index contributed by atoms with van der Waals surface area (Å²) in [4.78, 5) is 20.3. The number of hydrogen-bond acceptors (Lipinski definition) is 5. The topological polar surface area (TPSA) is 88.3 Å². The first-order valence-electron chi connectivity index (χ1n) is 11.3. The second kappa shape index (κ2) is 8.30. The molecule has 172 valence electrons. The van der Waals surface area contributed by atoms with Crippen molar-refractivity contribution in [1.82, 2.24) is 20.8 Å². The van der Waals surface area contributed by atoms with Gasteiger partial charge in [0, 0.05) is 11.1 Å². The van der Waals surface area contributed by atoms with Crippen LogP contribution in [0.4, 0.5) is 4.79 Å². The standard InChI is InChI=1S/C28H22N4O3/c1-18-15-16-22-23(17-18)30-26(29-22)35-27(33)31-32-28(19-9-3-2-4-10-19)20-11-5-7-13-24(20)34-25-14-8-6-12-21(25)28/h2-17,32H,1H3,(H,29,30)(H,31,33). The zero-order valence-electron chi connectivity index (χ0n) is 18.9. The van der Waals surface area contributed by atoms with Gasteiger partial charge >= 0.3 is 12.1 Å². The maximum absolute atomic E-state index is 12.9. The van der Waals surface area contributed by atoms with E-state index in [-0.39, 0.29) is 6.01 Å². The summed E-state index contributed by atoms with van der Waals surface area (Å²) in [5.41, 5.74) is 10.4. The summed E-state index contributed by atoms with van der Waals surface area (Å²) in [5, 5.41) is 0. The third-order valence-electron chi connectivity index (χ3n) is 6.17. The van der Waals surface area contributed by atoms with E-state index in [2.05, 4.69) is 20.8 Å². The van der Waals surface area contributed by atoms with Gasteiger partial charge in [0.15, 0.2) is 0 Å². The van der Waals surface area contributed by atoms with E-state index in [4.69, 9.17) is 9.47 Å². The molecule has 4 aromatic carbocycles. The van der Waals surface area contributed by atoms with Crippen molar-refractivity contribution in [3.05, 3.63) is 119 Å². The maximum atomic E-state index is 12.9. The van der Waals surface area contributed by atoms with E-state index in [0.717, 1.165) is 33.3 Å². The number of imidazole rings is 1. The van der Waals surface area contributed by atoms with Crippen molar-refractivity contribution in [3.8, 4) is 17.5 Å². The highest BCUT2D eigenvalue weighted by atomic mass is 16.6. The SMILES string of the molecule is Cc1ccc2nc(OC(=O)NNC3(c4ccccc4)c4ccccc4Oc4ccccc43)[nH]c2c1. The summed E-state index contributed by atoms with van der Waals surface area (Å²) in [7, 11) is 0. The van der Waals surface area contributed by atoms with Gasteiger partial charge in [0.25, 0.3) is 0 Å². The molecule has 1 aliphatic heterocycles. The van der Waals surface area contributed by atoms with Crippen LogP contribution in [0.5, 0.6) is 17.5 Å². The molecule has 35 heavy (non-hydrogen) atoms. The Labute approximate surface area is 201 Å². The number of aromatic amines is 1. The Morgan fingerprint density at radius 3 is 2.26 bits per heavy atom. The Kier molecular flexibility index (Phi) is 4.97. The summed E-state index contributed by atoms with van der Waals surface area (Å²) in [6.07, 6.45) is -0.697. The number of hydrazine groups is 1. The molecule has 0 saturated carbocycles. The Bertz CT molecular complexity index is 1500. The van der Waals surface area contributed by atoms with Crippen LogP contribution >= 0.6 is 0 Å². The van der Waals surface area contributed by atoms with Crippen molar-refractivity contribution in [2.45, 2.75) is 12.5 Å². The molecule has 0 saturated heterocycles. The molecular formula is C28H22N4O3. The summed E-state index contributed by atoms with van der Waals surface area (Å²) in [6.45, 7) is 1.99. The summed E-state index contributed by atoms with van der Waals surface area (Å²) in [5.74, 6) is 1.40. The van der Waals surface area contributed by atoms with Gasteiger partial charge in [-0.15, -0.1) is 0 Å². The average molecular weight is 463 g/mol. The normalized spacial score (nSPS) is 13.4. The highest BCUT2D eigenvalue weighted by Gasteiger charge is 2.44. The molecule has 0 fully saturated rings. The van der Waals surface area contributed by atoms with Crippen LogP contribution in [0.2, 0.25) is 0 Å². The smallest absolute Gasteiger partial charge is 0.429 e. The molecule has 3 N–H and O–H groups in total. The largest absolute Gasteiger partial charge is 0.457 e. The molecule has 0 spiro atoms. The maximum Gasteiger partial charge on any atom is 0.429 e. The lowest BCUT2D eigenvalue weighted by atomic mass is 9.75. The van der Waals surface area contributed by atoms with Crippen LogP contribution < -0.4 is 20.3 Å². The molecule has 0 unspecified atom stereocenters. The third-order valence-corrected chi connectivity index (χ3v) is 6.17. The van der Waals surface area contributed by atoms with E-state index in [1.54, 1.807) is 0 Å². The minimum atomic E-state index is -0.920. The van der Waals surface area contributed by atoms with Crippen molar-refractivity contribution in [2.24, 2.45) is 0 Å². The van der Waals surface area contributed by atoms with E-state index in [1.807, 2.05) is 104 Å². The lowest BCUT2D eigenvalue weighted by molar-refractivity contribution is 0.185. The second-order valence-corrected chi connectivity index (χ2v) is 8.41. The second-order valence-electron chi connectivity index (χ2n) is 8.41. The zero-order valence-corrected chi connectivity index (χ0v) is 18.9. The molecule has 6 rings (SSSR count). The first kappa shape index (κ1) is 20.9. The Morgan fingerprint density at radius 2 is 1.54 bits per heavy atom.